The molecular formula is C27H38N2P2. The van der Waals surface area contributed by atoms with E-state index in [1.807, 2.05) is 24.5 Å². The Labute approximate surface area is 192 Å². The van der Waals surface area contributed by atoms with Crippen LogP contribution in [0.4, 0.5) is 0 Å². The minimum absolute atomic E-state index is 0.140. The molecule has 0 saturated heterocycles. The van der Waals surface area contributed by atoms with E-state index in [0.29, 0.717) is 10.3 Å². The van der Waals surface area contributed by atoms with Gasteiger partial charge in [-0.05, 0) is 65.6 Å². The molecule has 31 heavy (non-hydrogen) atoms. The molecule has 0 saturated carbocycles. The van der Waals surface area contributed by atoms with Gasteiger partial charge in [-0.2, -0.15) is 0 Å². The van der Waals surface area contributed by atoms with Gasteiger partial charge in [0.15, 0.2) is 0 Å². The summed E-state index contributed by atoms with van der Waals surface area (Å²) in [5.41, 5.74) is 5.55. The highest BCUT2D eigenvalue weighted by Crippen LogP contribution is 2.63. The average molecular weight is 453 g/mol. The first-order valence-corrected chi connectivity index (χ1v) is 14.6. The highest BCUT2D eigenvalue weighted by Gasteiger charge is 2.38. The predicted octanol–water partition coefficient (Wildman–Crippen LogP) is 7.02. The maximum Gasteiger partial charge on any atom is 0.0695 e. The van der Waals surface area contributed by atoms with E-state index < -0.39 is 7.92 Å². The van der Waals surface area contributed by atoms with Crippen LogP contribution in [0.15, 0.2) is 72.1 Å². The molecule has 0 spiro atoms. The summed E-state index contributed by atoms with van der Waals surface area (Å²) in [6, 6.07) is 12.6. The van der Waals surface area contributed by atoms with E-state index in [2.05, 4.69) is 78.0 Å². The van der Waals surface area contributed by atoms with Crippen LogP contribution >= 0.6 is 15.8 Å². The quantitative estimate of drug-likeness (QED) is 0.362. The van der Waals surface area contributed by atoms with Gasteiger partial charge < -0.3 is 0 Å². The lowest BCUT2D eigenvalue weighted by Gasteiger charge is -2.45. The second-order valence-electron chi connectivity index (χ2n) is 9.62. The lowest BCUT2D eigenvalue weighted by molar-refractivity contribution is 0.603. The fourth-order valence-electron chi connectivity index (χ4n) is 4.22. The van der Waals surface area contributed by atoms with E-state index >= 15 is 0 Å². The Hall–Kier alpha value is -1.36. The van der Waals surface area contributed by atoms with Crippen LogP contribution in [0.25, 0.3) is 0 Å². The molecule has 1 aliphatic carbocycles. The average Bonchev–Trinajstić information content (AvgIpc) is 3.23. The molecule has 2 aromatic heterocycles. The number of allylic oxidation sites excluding steroid dienone is 4. The summed E-state index contributed by atoms with van der Waals surface area (Å²) >= 11 is 0. The van der Waals surface area contributed by atoms with Crippen LogP contribution in [0, 0.1) is 0 Å². The summed E-state index contributed by atoms with van der Waals surface area (Å²) in [6.45, 7) is 14.7. The zero-order chi connectivity index (χ0) is 22.5. The third-order valence-electron chi connectivity index (χ3n) is 6.86. The topological polar surface area (TPSA) is 25.8 Å². The summed E-state index contributed by atoms with van der Waals surface area (Å²) in [7, 11) is -0.742. The van der Waals surface area contributed by atoms with Crippen LogP contribution in [-0.2, 0) is 0 Å². The van der Waals surface area contributed by atoms with Gasteiger partial charge in [-0.15, -0.1) is 0 Å². The van der Waals surface area contributed by atoms with Gasteiger partial charge in [-0.3, -0.25) is 9.97 Å². The smallest absolute Gasteiger partial charge is 0.0695 e. The first-order chi connectivity index (χ1) is 14.8. The van der Waals surface area contributed by atoms with Crippen LogP contribution in [0.5, 0.6) is 0 Å². The van der Waals surface area contributed by atoms with Gasteiger partial charge in [-0.1, -0.05) is 79.3 Å². The van der Waals surface area contributed by atoms with Crippen molar-refractivity contribution >= 4 is 26.7 Å². The van der Waals surface area contributed by atoms with E-state index in [9.17, 15) is 0 Å². The number of aromatic nitrogens is 2. The van der Waals surface area contributed by atoms with Crippen molar-refractivity contribution in [2.45, 2.75) is 71.1 Å². The van der Waals surface area contributed by atoms with Crippen molar-refractivity contribution in [1.29, 1.82) is 0 Å². The molecule has 0 N–H and O–H groups in total. The Bertz CT molecular complexity index is 846. The second-order valence-corrected chi connectivity index (χ2v) is 15.3. The van der Waals surface area contributed by atoms with E-state index in [4.69, 9.17) is 9.97 Å². The molecule has 0 amide bonds. The maximum atomic E-state index is 4.73. The summed E-state index contributed by atoms with van der Waals surface area (Å²) < 4.78 is 0. The van der Waals surface area contributed by atoms with Crippen LogP contribution in [0.1, 0.15) is 60.8 Å². The Morgan fingerprint density at radius 3 is 1.81 bits per heavy atom. The van der Waals surface area contributed by atoms with Crippen molar-refractivity contribution in [3.63, 3.8) is 0 Å². The third kappa shape index (κ3) is 5.91. The maximum absolute atomic E-state index is 4.73. The van der Waals surface area contributed by atoms with Gasteiger partial charge in [-0.25, -0.2) is 0 Å². The lowest BCUT2D eigenvalue weighted by atomic mass is 10.1. The SMILES string of the molecule is CCC(C)(C)P(CC1=C(CP(c2ccccn2)c2ccccn2)C=CC1)C(C)(C)CC. The fourth-order valence-corrected chi connectivity index (χ4v) is 10.4. The second kappa shape index (κ2) is 10.5. The molecule has 0 atom stereocenters. The van der Waals surface area contributed by atoms with Crippen molar-refractivity contribution in [3.8, 4) is 0 Å². The Morgan fingerprint density at radius 1 is 0.806 bits per heavy atom. The molecule has 0 unspecified atom stereocenters. The van der Waals surface area contributed by atoms with Gasteiger partial charge in [0.05, 0.1) is 10.9 Å². The van der Waals surface area contributed by atoms with Crippen LogP contribution in [0.3, 0.4) is 0 Å². The fraction of sp³-hybridized carbons (Fsp3) is 0.481. The molecule has 2 aromatic rings. The molecule has 0 radical (unpaired) electrons. The highest BCUT2D eigenvalue weighted by atomic mass is 31.1. The van der Waals surface area contributed by atoms with Crippen LogP contribution in [0.2, 0.25) is 0 Å². The molecule has 3 rings (SSSR count). The zero-order valence-electron chi connectivity index (χ0n) is 20.1. The molecule has 166 valence electrons. The van der Waals surface area contributed by atoms with Gasteiger partial charge in [0.2, 0.25) is 0 Å². The number of hydrogen-bond donors (Lipinski definition) is 0. The molecule has 0 aromatic carbocycles. The highest BCUT2D eigenvalue weighted by molar-refractivity contribution is 7.72. The number of hydrogen-bond acceptors (Lipinski definition) is 2. The van der Waals surface area contributed by atoms with Gasteiger partial charge >= 0.3 is 0 Å². The largest absolute Gasteiger partial charge is 0.256 e. The summed E-state index contributed by atoms with van der Waals surface area (Å²) in [5.74, 6) is 0. The monoisotopic (exact) mass is 452 g/mol. The standard InChI is InChI=1S/C27H38N2P2/c1-7-26(3,4)31(27(5,6)8-2)21-23-15-13-14-22(23)20-30(24-16-9-11-18-28-24)25-17-10-12-19-29-25/h9-14,16-19H,7-8,15,20-21H2,1-6H3. The Balaban J connectivity index is 1.94. The van der Waals surface area contributed by atoms with Crippen molar-refractivity contribution in [2.75, 3.05) is 12.3 Å². The van der Waals surface area contributed by atoms with Gasteiger partial charge in [0.1, 0.15) is 0 Å². The summed E-state index contributed by atoms with van der Waals surface area (Å²) in [4.78, 5) is 9.47. The summed E-state index contributed by atoms with van der Waals surface area (Å²) in [6.07, 6.45) is 14.5. The normalized spacial score (nSPS) is 14.8. The predicted molar refractivity (Wildman–Crippen MR) is 141 cm³/mol. The van der Waals surface area contributed by atoms with Gasteiger partial charge in [0, 0.05) is 26.5 Å². The van der Waals surface area contributed by atoms with Crippen molar-refractivity contribution in [2.24, 2.45) is 0 Å². The Kier molecular flexibility index (Phi) is 8.23. The molecular weight excluding hydrogens is 414 g/mol. The van der Waals surface area contributed by atoms with Crippen molar-refractivity contribution in [3.05, 3.63) is 72.1 Å². The molecule has 1 aliphatic rings. The summed E-state index contributed by atoms with van der Waals surface area (Å²) in [5, 5.41) is 0.782. The molecule has 2 nitrogen and oxygen atoms in total. The first kappa shape index (κ1) is 24.3. The minimum Gasteiger partial charge on any atom is -0.256 e. The number of nitrogens with zero attached hydrogens (tertiary/aromatic N) is 2. The Morgan fingerprint density at radius 2 is 1.35 bits per heavy atom. The molecule has 0 aliphatic heterocycles. The van der Waals surface area contributed by atoms with E-state index in [-0.39, 0.29) is 7.92 Å². The number of rotatable bonds is 10. The molecule has 0 fully saturated rings. The van der Waals surface area contributed by atoms with Crippen LogP contribution < -0.4 is 10.9 Å². The van der Waals surface area contributed by atoms with Crippen LogP contribution in [-0.4, -0.2) is 32.6 Å². The minimum atomic E-state index is -0.601. The lowest BCUT2D eigenvalue weighted by Crippen LogP contribution is -2.31. The van der Waals surface area contributed by atoms with Crippen molar-refractivity contribution in [1.82, 2.24) is 9.97 Å². The number of pyridine rings is 2. The van der Waals surface area contributed by atoms with E-state index in [0.717, 1.165) is 12.6 Å². The molecule has 4 heteroatoms. The third-order valence-corrected chi connectivity index (χ3v) is 13.4. The zero-order valence-corrected chi connectivity index (χ0v) is 21.9. The van der Waals surface area contributed by atoms with Gasteiger partial charge in [0.25, 0.3) is 0 Å². The van der Waals surface area contributed by atoms with E-state index in [1.54, 1.807) is 5.57 Å². The molecule has 0 bridgehead atoms. The molecule has 2 heterocycles. The first-order valence-electron chi connectivity index (χ1n) is 11.5. The van der Waals surface area contributed by atoms with Crippen molar-refractivity contribution < 1.29 is 0 Å². The van der Waals surface area contributed by atoms with E-state index in [1.165, 1.54) is 35.4 Å².